The molecule has 0 saturated heterocycles. The molecule has 1 fully saturated rings. The van der Waals surface area contributed by atoms with Crippen molar-refractivity contribution in [3.63, 3.8) is 0 Å². The quantitative estimate of drug-likeness (QED) is 0.250. The number of nitrogens with one attached hydrogen (secondary N) is 1. The van der Waals surface area contributed by atoms with Crippen molar-refractivity contribution in [2.24, 2.45) is 5.92 Å². The van der Waals surface area contributed by atoms with Gasteiger partial charge in [0.05, 0.1) is 28.3 Å². The first-order valence-electron chi connectivity index (χ1n) is 13.8. The smallest absolute Gasteiger partial charge is 0.308 e. The van der Waals surface area contributed by atoms with Crippen LogP contribution in [0.2, 0.25) is 0 Å². The SMILES string of the molecule is C.C.C.C.C.C.CC(C)C(=O)OC(C)(C)C.CC(C)NS(=O)(=O)C1CC1.CC(C)Oc1nc2ccccc2nc1-c1ccccc1. The normalized spacial score (nSPS) is 11.7. The molecule has 1 aliphatic carbocycles. The zero-order valence-corrected chi connectivity index (χ0v) is 26.1. The first-order chi connectivity index (χ1) is 18.6. The highest BCUT2D eigenvalue weighted by atomic mass is 32.2. The van der Waals surface area contributed by atoms with Gasteiger partial charge in [0, 0.05) is 11.6 Å². The largest absolute Gasteiger partial charge is 0.473 e. The first kappa shape index (κ1) is 52.5. The molecule has 1 N–H and O–H groups in total. The predicted molar refractivity (Wildman–Crippen MR) is 202 cm³/mol. The second-order valence-electron chi connectivity index (χ2n) is 11.6. The lowest BCUT2D eigenvalue weighted by Gasteiger charge is -2.20. The lowest BCUT2D eigenvalue weighted by atomic mass is 10.1. The van der Waals surface area contributed by atoms with Crippen molar-refractivity contribution in [2.45, 2.75) is 143 Å². The molecule has 1 aliphatic rings. The third kappa shape index (κ3) is 18.8. The third-order valence-corrected chi connectivity index (χ3v) is 7.32. The van der Waals surface area contributed by atoms with Gasteiger partial charge >= 0.3 is 5.97 Å². The number of ether oxygens (including phenoxy) is 2. The first-order valence-corrected chi connectivity index (χ1v) is 15.4. The van der Waals surface area contributed by atoms with Gasteiger partial charge in [-0.25, -0.2) is 23.1 Å². The van der Waals surface area contributed by atoms with Gasteiger partial charge in [0.25, 0.3) is 0 Å². The number of aromatic nitrogens is 2. The van der Waals surface area contributed by atoms with Crippen LogP contribution in [0.1, 0.15) is 120 Å². The number of hydrogen-bond donors (Lipinski definition) is 1. The number of fused-ring (bicyclic) bond motifs is 1. The minimum absolute atomic E-state index is 0. The van der Waals surface area contributed by atoms with Gasteiger partial charge in [0.1, 0.15) is 11.3 Å². The summed E-state index contributed by atoms with van der Waals surface area (Å²) in [4.78, 5) is 20.3. The van der Waals surface area contributed by atoms with Crippen molar-refractivity contribution >= 4 is 27.0 Å². The Morgan fingerprint density at radius 2 is 1.24 bits per heavy atom. The Morgan fingerprint density at radius 3 is 1.61 bits per heavy atom. The van der Waals surface area contributed by atoms with Crippen LogP contribution >= 0.6 is 0 Å². The molecule has 0 radical (unpaired) electrons. The molecular weight excluding hydrogens is 598 g/mol. The minimum Gasteiger partial charge on any atom is -0.473 e. The van der Waals surface area contributed by atoms with E-state index in [4.69, 9.17) is 14.5 Å². The number of nitrogens with zero attached hydrogens (tertiary/aromatic N) is 2. The number of carbonyl (C=O) groups excluding carboxylic acids is 1. The molecule has 46 heavy (non-hydrogen) atoms. The monoisotopic (exact) mass is 667 g/mol. The fourth-order valence-corrected chi connectivity index (χ4v) is 4.90. The van der Waals surface area contributed by atoms with Crippen molar-refractivity contribution < 1.29 is 22.7 Å². The molecular formula is C37H69N3O5S. The highest BCUT2D eigenvalue weighted by molar-refractivity contribution is 7.90. The molecule has 3 aromatic rings. The van der Waals surface area contributed by atoms with Crippen LogP contribution < -0.4 is 9.46 Å². The number of carbonyl (C=O) groups is 1. The molecule has 2 aromatic carbocycles. The van der Waals surface area contributed by atoms with E-state index < -0.39 is 10.0 Å². The average Bonchev–Trinajstić information content (AvgIpc) is 3.69. The van der Waals surface area contributed by atoms with Crippen LogP contribution in [0.5, 0.6) is 5.88 Å². The van der Waals surface area contributed by atoms with Gasteiger partial charge in [-0.15, -0.1) is 0 Å². The van der Waals surface area contributed by atoms with Crippen LogP contribution in [0.15, 0.2) is 54.6 Å². The van der Waals surface area contributed by atoms with E-state index in [1.807, 2.05) is 117 Å². The van der Waals surface area contributed by atoms with Gasteiger partial charge in [-0.1, -0.05) is 101 Å². The maximum atomic E-state index is 11.1. The summed E-state index contributed by atoms with van der Waals surface area (Å²) in [5.41, 5.74) is 3.19. The fraction of sp³-hybridized carbons (Fsp3) is 0.595. The van der Waals surface area contributed by atoms with Crippen molar-refractivity contribution in [3.8, 4) is 17.1 Å². The Balaban J connectivity index is -0.000000188. The van der Waals surface area contributed by atoms with E-state index in [0.717, 1.165) is 35.1 Å². The summed E-state index contributed by atoms with van der Waals surface area (Å²) in [7, 11) is -2.94. The Kier molecular flexibility index (Phi) is 26.6. The number of esters is 1. The number of hydrogen-bond acceptors (Lipinski definition) is 7. The van der Waals surface area contributed by atoms with Crippen LogP contribution in [-0.4, -0.2) is 47.4 Å². The summed E-state index contributed by atoms with van der Waals surface area (Å²) >= 11 is 0. The second kappa shape index (κ2) is 23.3. The summed E-state index contributed by atoms with van der Waals surface area (Å²) in [6.07, 6.45) is 1.73. The van der Waals surface area contributed by atoms with Crippen molar-refractivity contribution in [1.29, 1.82) is 0 Å². The summed E-state index contributed by atoms with van der Waals surface area (Å²) in [6.45, 7) is 16.9. The lowest BCUT2D eigenvalue weighted by molar-refractivity contribution is -0.158. The van der Waals surface area contributed by atoms with Gasteiger partial charge in [0.2, 0.25) is 15.9 Å². The Labute approximate surface area is 284 Å². The highest BCUT2D eigenvalue weighted by Gasteiger charge is 2.35. The number of benzene rings is 2. The zero-order valence-electron chi connectivity index (χ0n) is 25.3. The predicted octanol–water partition coefficient (Wildman–Crippen LogP) is 10.4. The van der Waals surface area contributed by atoms with E-state index in [0.29, 0.717) is 5.88 Å². The molecule has 268 valence electrons. The molecule has 4 rings (SSSR count). The standard InChI is InChI=1S/C17H16N2O.C8H16O2.C6H13NO2S.6CH4/c1-12(2)20-17-16(13-8-4-3-5-9-13)18-14-10-6-7-11-15(14)19-17;1-6(2)7(9)10-8(3,4)5;1-5(2)7-10(8,9)6-3-4-6;;;;;;/h3-12H,1-2H3;6H,1-5H3;5-7H,3-4H2,1-2H3;6*1H4. The van der Waals surface area contributed by atoms with Crippen molar-refractivity contribution in [3.05, 3.63) is 54.6 Å². The minimum atomic E-state index is -2.94. The number of para-hydroxylation sites is 2. The van der Waals surface area contributed by atoms with Crippen LogP contribution in [0.25, 0.3) is 22.3 Å². The van der Waals surface area contributed by atoms with Gasteiger partial charge < -0.3 is 9.47 Å². The molecule has 0 spiro atoms. The molecule has 1 heterocycles. The van der Waals surface area contributed by atoms with Gasteiger partial charge in [-0.2, -0.15) is 0 Å². The molecule has 1 aromatic heterocycles. The van der Waals surface area contributed by atoms with Crippen LogP contribution in [0.3, 0.4) is 0 Å². The van der Waals surface area contributed by atoms with Crippen molar-refractivity contribution in [2.75, 3.05) is 0 Å². The molecule has 0 bridgehead atoms. The molecule has 1 saturated carbocycles. The van der Waals surface area contributed by atoms with E-state index in [2.05, 4.69) is 9.71 Å². The summed E-state index contributed by atoms with van der Waals surface area (Å²) in [5.74, 6) is 0.427. The van der Waals surface area contributed by atoms with Crippen LogP contribution in [0.4, 0.5) is 0 Å². The molecule has 0 unspecified atom stereocenters. The van der Waals surface area contributed by atoms with E-state index in [1.54, 1.807) is 0 Å². The number of sulfonamides is 1. The van der Waals surface area contributed by atoms with E-state index in [9.17, 15) is 13.2 Å². The fourth-order valence-electron chi connectivity index (χ4n) is 3.30. The highest BCUT2D eigenvalue weighted by Crippen LogP contribution is 2.29. The van der Waals surface area contributed by atoms with E-state index >= 15 is 0 Å². The average molecular weight is 668 g/mol. The zero-order chi connectivity index (χ0) is 30.1. The third-order valence-electron chi connectivity index (χ3n) is 5.17. The van der Waals surface area contributed by atoms with Gasteiger partial charge in [-0.05, 0) is 73.4 Å². The van der Waals surface area contributed by atoms with Crippen LogP contribution in [-0.2, 0) is 19.6 Å². The maximum absolute atomic E-state index is 11.1. The van der Waals surface area contributed by atoms with E-state index in [-0.39, 0.29) is 79.4 Å². The lowest BCUT2D eigenvalue weighted by Crippen LogP contribution is -2.32. The molecule has 8 nitrogen and oxygen atoms in total. The Bertz CT molecular complexity index is 1330. The summed E-state index contributed by atoms with van der Waals surface area (Å²) in [5, 5.41) is -0.0881. The second-order valence-corrected chi connectivity index (χ2v) is 13.6. The van der Waals surface area contributed by atoms with Gasteiger partial charge in [0.15, 0.2) is 0 Å². The Hall–Kier alpha value is -3.04. The molecule has 0 amide bonds. The topological polar surface area (TPSA) is 107 Å². The molecule has 0 aliphatic heterocycles. The van der Waals surface area contributed by atoms with E-state index in [1.165, 1.54) is 0 Å². The molecule has 9 heteroatoms. The summed E-state index contributed by atoms with van der Waals surface area (Å²) < 4.78 is 35.6. The summed E-state index contributed by atoms with van der Waals surface area (Å²) in [6, 6.07) is 17.9. The van der Waals surface area contributed by atoms with Crippen molar-refractivity contribution in [1.82, 2.24) is 14.7 Å². The maximum Gasteiger partial charge on any atom is 0.308 e. The number of rotatable bonds is 7. The van der Waals surface area contributed by atoms with Crippen LogP contribution in [0, 0.1) is 5.92 Å². The molecule has 0 atom stereocenters. The Morgan fingerprint density at radius 1 is 0.783 bits per heavy atom. The van der Waals surface area contributed by atoms with Gasteiger partial charge in [-0.3, -0.25) is 4.79 Å².